The molecule has 0 amide bonds. The van der Waals surface area contributed by atoms with Crippen LogP contribution in [0.15, 0.2) is 149 Å². The van der Waals surface area contributed by atoms with Gasteiger partial charge in [-0.25, -0.2) is 0 Å². The number of para-hydroxylation sites is 3. The van der Waals surface area contributed by atoms with Gasteiger partial charge in [-0.05, 0) is 62.6 Å². The van der Waals surface area contributed by atoms with E-state index in [1.165, 1.54) is 38.9 Å². The molecule has 0 fully saturated rings. The average Bonchev–Trinajstić information content (AvgIpc) is 3.63. The van der Waals surface area contributed by atoms with Crippen molar-refractivity contribution in [2.75, 3.05) is 0 Å². The molecule has 0 saturated carbocycles. The number of hydrogen-bond donors (Lipinski definition) is 0. The third-order valence-electron chi connectivity index (χ3n) is 8.95. The highest BCUT2D eigenvalue weighted by Crippen LogP contribution is 2.50. The lowest BCUT2D eigenvalue weighted by atomic mass is 9.74. The normalized spacial score (nSPS) is 14.6. The molecule has 6 aromatic carbocycles. The Morgan fingerprint density at radius 1 is 0.568 bits per heavy atom. The standard InChI is InChI=1S/C42H33NO/c1-42(2,3)29-25-34(27-15-6-4-7-16-27)38(35(26-29)28-17-8-5-9-18-28)39-32-20-10-12-23-36(32)43-40(39)33-22-14-21-31-30-19-11-13-24-37(30)44-41(31)33/h4-26,39H,1-3H3. The summed E-state index contributed by atoms with van der Waals surface area (Å²) in [5, 5.41) is 2.24. The Kier molecular flexibility index (Phi) is 6.13. The third kappa shape index (κ3) is 4.29. The van der Waals surface area contributed by atoms with Gasteiger partial charge in [0, 0.05) is 16.3 Å². The quantitative estimate of drug-likeness (QED) is 0.208. The SMILES string of the molecule is CC(C)(C)c1cc(-c2ccccc2)c(C2C(c3cccc4c3oc3ccccc34)=Nc3ccccc32)c(-c2ccccc2)c1. The minimum absolute atomic E-state index is 0.0318. The monoisotopic (exact) mass is 567 g/mol. The minimum atomic E-state index is -0.0931. The Morgan fingerprint density at radius 2 is 1.16 bits per heavy atom. The van der Waals surface area contributed by atoms with Crippen molar-refractivity contribution >= 4 is 33.3 Å². The van der Waals surface area contributed by atoms with Crippen LogP contribution in [0, 0.1) is 0 Å². The molecule has 44 heavy (non-hydrogen) atoms. The van der Waals surface area contributed by atoms with Crippen LogP contribution < -0.4 is 0 Å². The summed E-state index contributed by atoms with van der Waals surface area (Å²) in [6.45, 7) is 6.89. The van der Waals surface area contributed by atoms with E-state index in [0.717, 1.165) is 38.9 Å². The van der Waals surface area contributed by atoms with Crippen LogP contribution in [0.3, 0.4) is 0 Å². The van der Waals surface area contributed by atoms with Crippen molar-refractivity contribution in [2.24, 2.45) is 4.99 Å². The molecule has 0 N–H and O–H groups in total. The van der Waals surface area contributed by atoms with Gasteiger partial charge in [0.2, 0.25) is 0 Å². The zero-order chi connectivity index (χ0) is 29.8. The van der Waals surface area contributed by atoms with Gasteiger partial charge in [-0.2, -0.15) is 0 Å². The van der Waals surface area contributed by atoms with Crippen LogP contribution in [0.2, 0.25) is 0 Å². The maximum atomic E-state index is 6.59. The molecule has 1 aliphatic heterocycles. The first-order valence-corrected chi connectivity index (χ1v) is 15.3. The summed E-state index contributed by atoms with van der Waals surface area (Å²) in [6.07, 6.45) is 0. The zero-order valence-electron chi connectivity index (χ0n) is 25.2. The molecule has 8 rings (SSSR count). The van der Waals surface area contributed by atoms with E-state index in [0.29, 0.717) is 0 Å². The number of hydrogen-bond acceptors (Lipinski definition) is 2. The molecular formula is C42H33NO. The van der Waals surface area contributed by atoms with Crippen molar-refractivity contribution in [2.45, 2.75) is 32.1 Å². The first-order valence-electron chi connectivity index (χ1n) is 15.3. The first kappa shape index (κ1) is 26.4. The summed E-state index contributed by atoms with van der Waals surface area (Å²) in [7, 11) is 0. The largest absolute Gasteiger partial charge is 0.455 e. The van der Waals surface area contributed by atoms with Gasteiger partial charge in [-0.3, -0.25) is 4.99 Å². The maximum Gasteiger partial charge on any atom is 0.144 e. The van der Waals surface area contributed by atoms with Gasteiger partial charge in [0.15, 0.2) is 0 Å². The van der Waals surface area contributed by atoms with Crippen LogP contribution in [0.5, 0.6) is 0 Å². The molecule has 1 aromatic heterocycles. The predicted octanol–water partition coefficient (Wildman–Crippen LogP) is 11.5. The second kappa shape index (κ2) is 10.2. The Hall–Kier alpha value is -5.21. The fraction of sp³-hybridized carbons (Fsp3) is 0.119. The highest BCUT2D eigenvalue weighted by atomic mass is 16.3. The number of aliphatic imine (C=N–C) groups is 1. The molecule has 0 spiro atoms. The topological polar surface area (TPSA) is 25.5 Å². The Morgan fingerprint density at radius 3 is 1.84 bits per heavy atom. The molecule has 0 saturated heterocycles. The fourth-order valence-electron chi connectivity index (χ4n) is 6.74. The van der Waals surface area contributed by atoms with E-state index in [1.807, 2.05) is 12.1 Å². The molecule has 0 radical (unpaired) electrons. The molecule has 7 aromatic rings. The van der Waals surface area contributed by atoms with Gasteiger partial charge in [0.25, 0.3) is 0 Å². The van der Waals surface area contributed by atoms with Crippen LogP contribution in [0.4, 0.5) is 5.69 Å². The van der Waals surface area contributed by atoms with Crippen molar-refractivity contribution in [3.63, 3.8) is 0 Å². The molecule has 1 unspecified atom stereocenters. The Labute approximate surface area is 258 Å². The van der Waals surface area contributed by atoms with Crippen molar-refractivity contribution in [3.05, 3.63) is 162 Å². The number of fused-ring (bicyclic) bond motifs is 4. The van der Waals surface area contributed by atoms with Gasteiger partial charge in [0.05, 0.1) is 17.3 Å². The Bertz CT molecular complexity index is 2140. The molecule has 2 heteroatoms. The second-order valence-electron chi connectivity index (χ2n) is 12.7. The molecule has 1 atom stereocenters. The molecular weight excluding hydrogens is 534 g/mol. The van der Waals surface area contributed by atoms with Gasteiger partial charge >= 0.3 is 0 Å². The summed E-state index contributed by atoms with van der Waals surface area (Å²) in [5.41, 5.74) is 13.5. The van der Waals surface area contributed by atoms with Crippen molar-refractivity contribution in [1.82, 2.24) is 0 Å². The van der Waals surface area contributed by atoms with Crippen LogP contribution in [-0.4, -0.2) is 5.71 Å². The lowest BCUT2D eigenvalue weighted by molar-refractivity contribution is 0.590. The summed E-state index contributed by atoms with van der Waals surface area (Å²) in [5.74, 6) is -0.0931. The smallest absolute Gasteiger partial charge is 0.144 e. The van der Waals surface area contributed by atoms with E-state index in [4.69, 9.17) is 9.41 Å². The summed E-state index contributed by atoms with van der Waals surface area (Å²) in [4.78, 5) is 5.40. The van der Waals surface area contributed by atoms with Crippen LogP contribution >= 0.6 is 0 Å². The van der Waals surface area contributed by atoms with E-state index < -0.39 is 0 Å². The van der Waals surface area contributed by atoms with Crippen LogP contribution in [0.25, 0.3) is 44.2 Å². The lowest BCUT2D eigenvalue weighted by Gasteiger charge is -2.28. The van der Waals surface area contributed by atoms with E-state index in [1.54, 1.807) is 0 Å². The van der Waals surface area contributed by atoms with Crippen LogP contribution in [0.1, 0.15) is 48.9 Å². The molecule has 2 nitrogen and oxygen atoms in total. The highest BCUT2D eigenvalue weighted by Gasteiger charge is 2.36. The van der Waals surface area contributed by atoms with Gasteiger partial charge in [-0.15, -0.1) is 0 Å². The molecule has 0 bridgehead atoms. The van der Waals surface area contributed by atoms with Crippen molar-refractivity contribution < 1.29 is 4.42 Å². The summed E-state index contributed by atoms with van der Waals surface area (Å²) >= 11 is 0. The Balaban J connectivity index is 1.48. The van der Waals surface area contributed by atoms with E-state index >= 15 is 0 Å². The first-order chi connectivity index (χ1) is 21.5. The molecule has 1 aliphatic rings. The predicted molar refractivity (Wildman–Crippen MR) is 184 cm³/mol. The number of nitrogens with zero attached hydrogens (tertiary/aromatic N) is 1. The minimum Gasteiger partial charge on any atom is -0.455 e. The van der Waals surface area contributed by atoms with Gasteiger partial charge < -0.3 is 4.42 Å². The fourth-order valence-corrected chi connectivity index (χ4v) is 6.74. The van der Waals surface area contributed by atoms with Gasteiger partial charge in [0.1, 0.15) is 11.2 Å². The zero-order valence-corrected chi connectivity index (χ0v) is 25.2. The maximum absolute atomic E-state index is 6.59. The van der Waals surface area contributed by atoms with E-state index in [2.05, 4.69) is 148 Å². The van der Waals surface area contributed by atoms with E-state index in [-0.39, 0.29) is 11.3 Å². The highest BCUT2D eigenvalue weighted by molar-refractivity contribution is 6.21. The third-order valence-corrected chi connectivity index (χ3v) is 8.95. The molecule has 2 heterocycles. The second-order valence-corrected chi connectivity index (χ2v) is 12.7. The average molecular weight is 568 g/mol. The summed E-state index contributed by atoms with van der Waals surface area (Å²) in [6, 6.07) is 49.9. The number of rotatable bonds is 4. The number of furan rings is 1. The summed E-state index contributed by atoms with van der Waals surface area (Å²) < 4.78 is 6.59. The number of benzene rings is 6. The molecule has 0 aliphatic carbocycles. The van der Waals surface area contributed by atoms with Crippen molar-refractivity contribution in [3.8, 4) is 22.3 Å². The van der Waals surface area contributed by atoms with Gasteiger partial charge in [-0.1, -0.05) is 142 Å². The van der Waals surface area contributed by atoms with Crippen molar-refractivity contribution in [1.29, 1.82) is 0 Å². The molecule has 212 valence electrons. The lowest BCUT2D eigenvalue weighted by Crippen LogP contribution is -2.17. The van der Waals surface area contributed by atoms with Crippen LogP contribution in [-0.2, 0) is 5.41 Å². The van der Waals surface area contributed by atoms with E-state index in [9.17, 15) is 0 Å².